The molecule has 114 valence electrons. The third kappa shape index (κ3) is 5.63. The van der Waals surface area contributed by atoms with E-state index in [1.54, 1.807) is 6.08 Å². The molecule has 1 fully saturated rings. The van der Waals surface area contributed by atoms with Crippen molar-refractivity contribution in [3.05, 3.63) is 12.7 Å². The van der Waals surface area contributed by atoms with Crippen LogP contribution in [0.25, 0.3) is 0 Å². The Balaban J connectivity index is 2.58. The van der Waals surface area contributed by atoms with Crippen molar-refractivity contribution in [1.82, 2.24) is 4.90 Å². The lowest BCUT2D eigenvalue weighted by Gasteiger charge is -2.33. The van der Waals surface area contributed by atoms with Crippen molar-refractivity contribution in [2.24, 2.45) is 0 Å². The Bertz CT molecular complexity index is 337. The van der Waals surface area contributed by atoms with Gasteiger partial charge in [-0.1, -0.05) is 25.3 Å². The van der Waals surface area contributed by atoms with E-state index in [-0.39, 0.29) is 18.7 Å². The highest BCUT2D eigenvalue weighted by Gasteiger charge is 2.29. The normalized spacial score (nSPS) is 17.2. The standard InChI is InChI=1S/C15H25NO4/c1-3-4-8-12(2)20-15(19)16(11-14(17)18)13-9-6-5-7-10-13/h3,12-13H,1,4-11H2,2H3,(H,17,18). The van der Waals surface area contributed by atoms with Crippen LogP contribution in [0.3, 0.4) is 0 Å². The maximum Gasteiger partial charge on any atom is 0.410 e. The Labute approximate surface area is 120 Å². The van der Waals surface area contributed by atoms with E-state index in [1.807, 2.05) is 6.92 Å². The van der Waals surface area contributed by atoms with Gasteiger partial charge in [0.05, 0.1) is 0 Å². The monoisotopic (exact) mass is 283 g/mol. The summed E-state index contributed by atoms with van der Waals surface area (Å²) in [6.07, 6.45) is 7.50. The minimum atomic E-state index is -0.994. The first-order valence-corrected chi connectivity index (χ1v) is 7.34. The van der Waals surface area contributed by atoms with Crippen LogP contribution in [0.1, 0.15) is 51.9 Å². The third-order valence-corrected chi connectivity index (χ3v) is 3.63. The fourth-order valence-corrected chi connectivity index (χ4v) is 2.53. The number of carboxylic acid groups (broad SMARTS) is 1. The van der Waals surface area contributed by atoms with Crippen molar-refractivity contribution in [2.45, 2.75) is 64.0 Å². The molecule has 1 atom stereocenters. The van der Waals surface area contributed by atoms with Crippen LogP contribution in [-0.2, 0) is 9.53 Å². The molecule has 5 heteroatoms. The van der Waals surface area contributed by atoms with Gasteiger partial charge in [-0.15, -0.1) is 6.58 Å². The average Bonchev–Trinajstić information content (AvgIpc) is 2.43. The summed E-state index contributed by atoms with van der Waals surface area (Å²) in [5.74, 6) is -0.994. The van der Waals surface area contributed by atoms with Crippen LogP contribution in [0.4, 0.5) is 4.79 Å². The number of rotatable bonds is 7. The fourth-order valence-electron chi connectivity index (χ4n) is 2.53. The van der Waals surface area contributed by atoms with Crippen molar-refractivity contribution in [3.8, 4) is 0 Å². The largest absolute Gasteiger partial charge is 0.480 e. The van der Waals surface area contributed by atoms with E-state index in [9.17, 15) is 9.59 Å². The molecule has 0 aliphatic heterocycles. The summed E-state index contributed by atoms with van der Waals surface area (Å²) < 4.78 is 5.34. The molecule has 0 heterocycles. The molecule has 1 rings (SSSR count). The number of amides is 1. The van der Waals surface area contributed by atoms with Gasteiger partial charge in [-0.25, -0.2) is 4.79 Å². The molecule has 20 heavy (non-hydrogen) atoms. The van der Waals surface area contributed by atoms with Gasteiger partial charge >= 0.3 is 12.1 Å². The van der Waals surface area contributed by atoms with E-state index in [2.05, 4.69) is 6.58 Å². The summed E-state index contributed by atoms with van der Waals surface area (Å²) in [4.78, 5) is 24.5. The molecule has 1 N–H and O–H groups in total. The summed E-state index contributed by atoms with van der Waals surface area (Å²) in [6, 6.07) is -0.000968. The zero-order valence-electron chi connectivity index (χ0n) is 12.2. The van der Waals surface area contributed by atoms with E-state index in [0.29, 0.717) is 6.42 Å². The van der Waals surface area contributed by atoms with Crippen molar-refractivity contribution >= 4 is 12.1 Å². The number of allylic oxidation sites excluding steroid dienone is 1. The van der Waals surface area contributed by atoms with Crippen LogP contribution in [0.5, 0.6) is 0 Å². The fraction of sp³-hybridized carbons (Fsp3) is 0.733. The third-order valence-electron chi connectivity index (χ3n) is 3.63. The SMILES string of the molecule is C=CCCC(C)OC(=O)N(CC(=O)O)C1CCCCC1. The molecule has 1 unspecified atom stereocenters. The summed E-state index contributed by atoms with van der Waals surface area (Å²) in [6.45, 7) is 5.17. The predicted octanol–water partition coefficient (Wildman–Crippen LogP) is 3.20. The average molecular weight is 283 g/mol. The zero-order chi connectivity index (χ0) is 15.0. The highest BCUT2D eigenvalue weighted by atomic mass is 16.6. The van der Waals surface area contributed by atoms with Gasteiger partial charge in [0.15, 0.2) is 0 Å². The number of carbonyl (C=O) groups excluding carboxylic acids is 1. The molecule has 1 saturated carbocycles. The maximum atomic E-state index is 12.2. The summed E-state index contributed by atoms with van der Waals surface area (Å²) in [5.41, 5.74) is 0. The van der Waals surface area contributed by atoms with Crippen LogP contribution >= 0.6 is 0 Å². The van der Waals surface area contributed by atoms with Gasteiger partial charge in [-0.05, 0) is 32.6 Å². The second kappa shape index (κ2) is 8.61. The maximum absolute atomic E-state index is 12.2. The second-order valence-corrected chi connectivity index (χ2v) is 5.37. The number of carboxylic acids is 1. The summed E-state index contributed by atoms with van der Waals surface area (Å²) in [7, 11) is 0. The Morgan fingerprint density at radius 1 is 1.40 bits per heavy atom. The molecule has 0 aromatic carbocycles. The number of hydrogen-bond donors (Lipinski definition) is 1. The van der Waals surface area contributed by atoms with Crippen molar-refractivity contribution < 1.29 is 19.4 Å². The summed E-state index contributed by atoms with van der Waals surface area (Å²) >= 11 is 0. The quantitative estimate of drug-likeness (QED) is 0.729. The highest BCUT2D eigenvalue weighted by Crippen LogP contribution is 2.23. The van der Waals surface area contributed by atoms with Gasteiger partial charge in [-0.2, -0.15) is 0 Å². The number of aliphatic carboxylic acids is 1. The lowest BCUT2D eigenvalue weighted by molar-refractivity contribution is -0.138. The molecule has 0 spiro atoms. The van der Waals surface area contributed by atoms with Crippen molar-refractivity contribution in [3.63, 3.8) is 0 Å². The van der Waals surface area contributed by atoms with Crippen LogP contribution in [0.15, 0.2) is 12.7 Å². The molecular formula is C15H25NO4. The second-order valence-electron chi connectivity index (χ2n) is 5.37. The van der Waals surface area contributed by atoms with Crippen LogP contribution in [-0.4, -0.2) is 40.8 Å². The van der Waals surface area contributed by atoms with Gasteiger partial charge in [0.2, 0.25) is 0 Å². The van der Waals surface area contributed by atoms with Gasteiger partial charge in [-0.3, -0.25) is 9.69 Å². The van der Waals surface area contributed by atoms with Crippen molar-refractivity contribution in [1.29, 1.82) is 0 Å². The van der Waals surface area contributed by atoms with Gasteiger partial charge in [0.1, 0.15) is 12.6 Å². The Hall–Kier alpha value is -1.52. The zero-order valence-corrected chi connectivity index (χ0v) is 12.2. The van der Waals surface area contributed by atoms with Crippen LogP contribution < -0.4 is 0 Å². The van der Waals surface area contributed by atoms with E-state index in [1.165, 1.54) is 4.90 Å². The first kappa shape index (κ1) is 16.5. The molecule has 0 saturated heterocycles. The smallest absolute Gasteiger partial charge is 0.410 e. The van der Waals surface area contributed by atoms with Gasteiger partial charge < -0.3 is 9.84 Å². The molecule has 1 aliphatic rings. The first-order chi connectivity index (χ1) is 9.54. The Morgan fingerprint density at radius 2 is 2.05 bits per heavy atom. The topological polar surface area (TPSA) is 66.8 Å². The number of carbonyl (C=O) groups is 2. The molecule has 5 nitrogen and oxygen atoms in total. The van der Waals surface area contributed by atoms with E-state index in [0.717, 1.165) is 38.5 Å². The van der Waals surface area contributed by atoms with E-state index >= 15 is 0 Å². The lowest BCUT2D eigenvalue weighted by atomic mass is 9.94. The van der Waals surface area contributed by atoms with E-state index in [4.69, 9.17) is 9.84 Å². The molecule has 1 aliphatic carbocycles. The molecule has 1 amide bonds. The number of ether oxygens (including phenoxy) is 1. The minimum Gasteiger partial charge on any atom is -0.480 e. The van der Waals surface area contributed by atoms with Crippen molar-refractivity contribution in [2.75, 3.05) is 6.54 Å². The lowest BCUT2D eigenvalue weighted by Crippen LogP contribution is -2.45. The number of hydrogen-bond acceptors (Lipinski definition) is 3. The van der Waals surface area contributed by atoms with E-state index < -0.39 is 12.1 Å². The molecule has 0 radical (unpaired) electrons. The van der Waals surface area contributed by atoms with Crippen LogP contribution in [0.2, 0.25) is 0 Å². The molecular weight excluding hydrogens is 258 g/mol. The van der Waals surface area contributed by atoms with Gasteiger partial charge in [0.25, 0.3) is 0 Å². The first-order valence-electron chi connectivity index (χ1n) is 7.34. The van der Waals surface area contributed by atoms with Crippen LogP contribution in [0, 0.1) is 0 Å². The summed E-state index contributed by atoms with van der Waals surface area (Å²) in [5, 5.41) is 8.98. The molecule has 0 bridgehead atoms. The number of nitrogens with zero attached hydrogens (tertiary/aromatic N) is 1. The molecule has 0 aromatic rings. The Morgan fingerprint density at radius 3 is 2.60 bits per heavy atom. The van der Waals surface area contributed by atoms with Gasteiger partial charge in [0, 0.05) is 6.04 Å². The Kier molecular flexibility index (Phi) is 7.12. The molecule has 0 aromatic heterocycles. The minimum absolute atomic E-state index is 0.000968. The predicted molar refractivity (Wildman–Crippen MR) is 76.6 cm³/mol. The highest BCUT2D eigenvalue weighted by molar-refractivity contribution is 5.77.